The summed E-state index contributed by atoms with van der Waals surface area (Å²) in [7, 11) is 2.00. The number of nitrogens with zero attached hydrogens (tertiary/aromatic N) is 2. The second-order valence-corrected chi connectivity index (χ2v) is 4.52. The molecular weight excluding hydrogens is 245 g/mol. The zero-order valence-electron chi connectivity index (χ0n) is 9.00. The van der Waals surface area contributed by atoms with Gasteiger partial charge in [-0.2, -0.15) is 0 Å². The van der Waals surface area contributed by atoms with E-state index in [1.807, 2.05) is 19.2 Å². The van der Waals surface area contributed by atoms with Crippen molar-refractivity contribution in [1.82, 2.24) is 5.32 Å². The lowest BCUT2D eigenvalue weighted by Gasteiger charge is -2.19. The van der Waals surface area contributed by atoms with Gasteiger partial charge in [0.2, 0.25) is 0 Å². The molecule has 1 aliphatic rings. The van der Waals surface area contributed by atoms with E-state index in [4.69, 9.17) is 23.2 Å². The van der Waals surface area contributed by atoms with Gasteiger partial charge in [-0.1, -0.05) is 23.2 Å². The summed E-state index contributed by atoms with van der Waals surface area (Å²) in [4.78, 5) is 6.43. The molecule has 0 aromatic heterocycles. The molecule has 2 rings (SSSR count). The minimum atomic E-state index is 0.576. The lowest BCUT2D eigenvalue weighted by Crippen LogP contribution is -2.32. The lowest BCUT2D eigenvalue weighted by atomic mass is 10.3. The molecule has 1 aliphatic heterocycles. The number of aliphatic imine (C=N–C) groups is 1. The molecule has 0 saturated heterocycles. The van der Waals surface area contributed by atoms with Crippen molar-refractivity contribution in [3.63, 3.8) is 0 Å². The van der Waals surface area contributed by atoms with Crippen LogP contribution in [0.25, 0.3) is 0 Å². The first-order chi connectivity index (χ1) is 7.66. The number of halogens is 2. The number of nitrogens with one attached hydrogen (secondary N) is 1. The molecule has 0 fully saturated rings. The van der Waals surface area contributed by atoms with E-state index in [-0.39, 0.29) is 0 Å². The van der Waals surface area contributed by atoms with Gasteiger partial charge in [0.05, 0.1) is 23.1 Å². The highest BCUT2D eigenvalue weighted by molar-refractivity contribution is 6.42. The van der Waals surface area contributed by atoms with Crippen LogP contribution in [0.15, 0.2) is 23.2 Å². The Labute approximate surface area is 105 Å². The Balaban J connectivity index is 2.08. The van der Waals surface area contributed by atoms with E-state index < -0.39 is 0 Å². The third kappa shape index (κ3) is 2.60. The Morgan fingerprint density at radius 1 is 1.38 bits per heavy atom. The molecule has 1 heterocycles. The van der Waals surface area contributed by atoms with Crippen molar-refractivity contribution in [2.24, 2.45) is 4.99 Å². The first-order valence-electron chi connectivity index (χ1n) is 5.10. The Kier molecular flexibility index (Phi) is 3.56. The smallest absolute Gasteiger partial charge is 0.116 e. The highest BCUT2D eigenvalue weighted by Gasteiger charge is 2.09. The monoisotopic (exact) mass is 257 g/mol. The maximum Gasteiger partial charge on any atom is 0.116 e. The van der Waals surface area contributed by atoms with Gasteiger partial charge in [0, 0.05) is 19.3 Å². The molecule has 0 unspecified atom stereocenters. The summed E-state index contributed by atoms with van der Waals surface area (Å²) in [6.07, 6.45) is 0. The zero-order valence-corrected chi connectivity index (χ0v) is 10.5. The van der Waals surface area contributed by atoms with Crippen LogP contribution in [-0.4, -0.2) is 32.5 Å². The van der Waals surface area contributed by atoms with E-state index in [9.17, 15) is 0 Å². The van der Waals surface area contributed by atoms with E-state index in [1.165, 1.54) is 0 Å². The van der Waals surface area contributed by atoms with Crippen LogP contribution in [0.2, 0.25) is 10.0 Å². The van der Waals surface area contributed by atoms with Crippen LogP contribution in [-0.2, 0) is 0 Å². The molecule has 5 heteroatoms. The largest absolute Gasteiger partial charge is 0.370 e. The fourth-order valence-corrected chi connectivity index (χ4v) is 1.88. The van der Waals surface area contributed by atoms with Gasteiger partial charge in [-0.3, -0.25) is 4.99 Å². The Morgan fingerprint density at radius 2 is 2.19 bits per heavy atom. The second-order valence-electron chi connectivity index (χ2n) is 3.71. The van der Waals surface area contributed by atoms with Crippen LogP contribution < -0.4 is 10.2 Å². The van der Waals surface area contributed by atoms with Gasteiger partial charge in [-0.15, -0.1) is 0 Å². The quantitative estimate of drug-likeness (QED) is 0.901. The number of rotatable bonds is 3. The van der Waals surface area contributed by atoms with Crippen molar-refractivity contribution in [2.45, 2.75) is 0 Å². The molecular formula is C11H13Cl2N3. The molecule has 0 bridgehead atoms. The number of likely N-dealkylation sites (N-methyl/N-ethyl adjacent to an activating group) is 1. The number of benzene rings is 1. The standard InChI is InChI=1S/C11H13Cl2N3/c1-16(7-11-14-4-5-15-11)8-2-3-9(12)10(13)6-8/h2-3,6H,4-5,7H2,1H3,(H,14,15). The molecule has 16 heavy (non-hydrogen) atoms. The zero-order chi connectivity index (χ0) is 11.5. The van der Waals surface area contributed by atoms with Gasteiger partial charge >= 0.3 is 0 Å². The third-order valence-electron chi connectivity index (χ3n) is 2.47. The predicted molar refractivity (Wildman–Crippen MR) is 70.0 cm³/mol. The SMILES string of the molecule is CN(CC1=NCCN1)c1ccc(Cl)c(Cl)c1. The van der Waals surface area contributed by atoms with E-state index >= 15 is 0 Å². The minimum absolute atomic E-state index is 0.576. The average Bonchev–Trinajstić information content (AvgIpc) is 2.74. The molecule has 0 radical (unpaired) electrons. The van der Waals surface area contributed by atoms with Crippen LogP contribution >= 0.6 is 23.2 Å². The Morgan fingerprint density at radius 3 is 2.81 bits per heavy atom. The van der Waals surface area contributed by atoms with Crippen LogP contribution in [0.3, 0.4) is 0 Å². The molecule has 0 amide bonds. The van der Waals surface area contributed by atoms with Crippen LogP contribution in [0.1, 0.15) is 0 Å². The molecule has 0 spiro atoms. The van der Waals surface area contributed by atoms with Gasteiger partial charge in [-0.25, -0.2) is 0 Å². The number of amidine groups is 1. The fourth-order valence-electron chi connectivity index (χ4n) is 1.59. The number of hydrogen-bond acceptors (Lipinski definition) is 3. The van der Waals surface area contributed by atoms with Crippen molar-refractivity contribution in [1.29, 1.82) is 0 Å². The van der Waals surface area contributed by atoms with Crippen molar-refractivity contribution < 1.29 is 0 Å². The summed E-state index contributed by atoms with van der Waals surface area (Å²) in [5.41, 5.74) is 1.03. The normalized spacial score (nSPS) is 14.6. The summed E-state index contributed by atoms with van der Waals surface area (Å²) in [6.45, 7) is 2.56. The van der Waals surface area contributed by atoms with Crippen molar-refractivity contribution in [3.05, 3.63) is 28.2 Å². The Hall–Kier alpha value is -0.930. The summed E-state index contributed by atoms with van der Waals surface area (Å²) in [5.74, 6) is 1.02. The molecule has 3 nitrogen and oxygen atoms in total. The summed E-state index contributed by atoms with van der Waals surface area (Å²) in [5, 5.41) is 4.39. The van der Waals surface area contributed by atoms with Crippen molar-refractivity contribution >= 4 is 34.7 Å². The first-order valence-corrected chi connectivity index (χ1v) is 5.86. The summed E-state index contributed by atoms with van der Waals surface area (Å²) in [6, 6.07) is 5.61. The van der Waals surface area contributed by atoms with Crippen molar-refractivity contribution in [3.8, 4) is 0 Å². The van der Waals surface area contributed by atoms with E-state index in [2.05, 4.69) is 15.2 Å². The highest BCUT2D eigenvalue weighted by atomic mass is 35.5. The first kappa shape index (κ1) is 11.6. The van der Waals surface area contributed by atoms with Gasteiger partial charge in [-0.05, 0) is 18.2 Å². The van der Waals surface area contributed by atoms with E-state index in [1.54, 1.807) is 6.07 Å². The van der Waals surface area contributed by atoms with E-state index in [0.29, 0.717) is 10.0 Å². The minimum Gasteiger partial charge on any atom is -0.370 e. The molecule has 86 valence electrons. The van der Waals surface area contributed by atoms with E-state index in [0.717, 1.165) is 31.2 Å². The van der Waals surface area contributed by atoms with Crippen LogP contribution in [0, 0.1) is 0 Å². The topological polar surface area (TPSA) is 27.6 Å². The molecule has 0 atom stereocenters. The maximum atomic E-state index is 5.97. The van der Waals surface area contributed by atoms with Gasteiger partial charge < -0.3 is 10.2 Å². The molecule has 1 N–H and O–H groups in total. The molecule has 1 aromatic carbocycles. The molecule has 1 aromatic rings. The summed E-state index contributed by atoms with van der Waals surface area (Å²) < 4.78 is 0. The third-order valence-corrected chi connectivity index (χ3v) is 3.21. The average molecular weight is 258 g/mol. The van der Waals surface area contributed by atoms with Crippen LogP contribution in [0.4, 0.5) is 5.69 Å². The van der Waals surface area contributed by atoms with Crippen LogP contribution in [0.5, 0.6) is 0 Å². The number of anilines is 1. The lowest BCUT2D eigenvalue weighted by molar-refractivity contribution is 0.944. The van der Waals surface area contributed by atoms with Gasteiger partial charge in [0.1, 0.15) is 5.84 Å². The predicted octanol–water partition coefficient (Wildman–Crippen LogP) is 2.43. The molecule has 0 aliphatic carbocycles. The Bertz CT molecular complexity index is 418. The fraction of sp³-hybridized carbons (Fsp3) is 0.364. The highest BCUT2D eigenvalue weighted by Crippen LogP contribution is 2.26. The van der Waals surface area contributed by atoms with Gasteiger partial charge in [0.15, 0.2) is 0 Å². The second kappa shape index (κ2) is 4.93. The number of hydrogen-bond donors (Lipinski definition) is 1. The van der Waals surface area contributed by atoms with Gasteiger partial charge in [0.25, 0.3) is 0 Å². The molecule has 0 saturated carbocycles. The van der Waals surface area contributed by atoms with Crippen molar-refractivity contribution in [2.75, 3.05) is 31.6 Å². The maximum absolute atomic E-state index is 5.97. The summed E-state index contributed by atoms with van der Waals surface area (Å²) >= 11 is 11.8.